The number of amides is 1. The lowest BCUT2D eigenvalue weighted by molar-refractivity contribution is 0.0985. The number of carbonyl (C=O) groups excluding carboxylic acids is 1. The van der Waals surface area contributed by atoms with Gasteiger partial charge in [0.15, 0.2) is 5.69 Å². The van der Waals surface area contributed by atoms with E-state index in [-0.39, 0.29) is 17.4 Å². The van der Waals surface area contributed by atoms with E-state index in [1.54, 1.807) is 6.07 Å². The summed E-state index contributed by atoms with van der Waals surface area (Å²) in [6.45, 7) is 8.45. The van der Waals surface area contributed by atoms with Crippen LogP contribution < -0.4 is 21.9 Å². The Morgan fingerprint density at radius 3 is 2.48 bits per heavy atom. The molecule has 0 spiro atoms. The van der Waals surface area contributed by atoms with Gasteiger partial charge in [0.2, 0.25) is 0 Å². The second kappa shape index (κ2) is 8.70. The third-order valence-corrected chi connectivity index (χ3v) is 4.52. The summed E-state index contributed by atoms with van der Waals surface area (Å²) in [4.78, 5) is 41.6. The number of anilines is 2. The molecule has 1 aromatic carbocycles. The Morgan fingerprint density at radius 1 is 1.19 bits per heavy atom. The van der Waals surface area contributed by atoms with Crippen LogP contribution in [0.3, 0.4) is 0 Å². The van der Waals surface area contributed by atoms with Gasteiger partial charge in [0.1, 0.15) is 5.82 Å². The Hall–Kier alpha value is -2.83. The van der Waals surface area contributed by atoms with E-state index < -0.39 is 11.2 Å². The topological polar surface area (TPSA) is 101 Å². The maximum absolute atomic E-state index is 13.3. The van der Waals surface area contributed by atoms with Crippen LogP contribution in [-0.2, 0) is 6.54 Å². The van der Waals surface area contributed by atoms with E-state index in [2.05, 4.69) is 4.98 Å². The molecular formula is C20H28N4O3. The van der Waals surface area contributed by atoms with Gasteiger partial charge in [0, 0.05) is 18.7 Å². The molecule has 0 fully saturated rings. The van der Waals surface area contributed by atoms with Gasteiger partial charge < -0.3 is 10.6 Å². The van der Waals surface area contributed by atoms with E-state index in [9.17, 15) is 14.4 Å². The highest BCUT2D eigenvalue weighted by atomic mass is 16.2. The summed E-state index contributed by atoms with van der Waals surface area (Å²) in [5, 5.41) is 0. The largest absolute Gasteiger partial charge is 0.383 e. The number of aromatic amines is 1. The second-order valence-corrected chi connectivity index (χ2v) is 6.77. The number of nitrogens with two attached hydrogens (primary N) is 1. The number of rotatable bonds is 7. The highest BCUT2D eigenvalue weighted by Crippen LogP contribution is 2.22. The molecule has 0 radical (unpaired) electrons. The zero-order valence-electron chi connectivity index (χ0n) is 16.5. The van der Waals surface area contributed by atoms with Gasteiger partial charge in [-0.3, -0.25) is 19.1 Å². The number of aromatic nitrogens is 2. The molecule has 0 aliphatic rings. The number of aryl methyl sites for hydroxylation is 2. The summed E-state index contributed by atoms with van der Waals surface area (Å²) in [5.41, 5.74) is 7.42. The van der Waals surface area contributed by atoms with Crippen LogP contribution in [0.15, 0.2) is 27.8 Å². The molecule has 1 aromatic heterocycles. The Morgan fingerprint density at radius 2 is 1.89 bits per heavy atom. The van der Waals surface area contributed by atoms with Crippen LogP contribution in [0.1, 0.15) is 54.6 Å². The first-order valence-corrected chi connectivity index (χ1v) is 9.33. The lowest BCUT2D eigenvalue weighted by Gasteiger charge is -2.25. The highest BCUT2D eigenvalue weighted by molar-refractivity contribution is 6.08. The monoisotopic (exact) mass is 372 g/mol. The predicted octanol–water partition coefficient (Wildman–Crippen LogP) is 2.59. The number of H-pyrrole nitrogens is 1. The van der Waals surface area contributed by atoms with Gasteiger partial charge in [-0.25, -0.2) is 4.79 Å². The fraction of sp³-hybridized carbons (Fsp3) is 0.450. The van der Waals surface area contributed by atoms with Crippen molar-refractivity contribution in [2.24, 2.45) is 0 Å². The molecule has 0 saturated carbocycles. The van der Waals surface area contributed by atoms with E-state index in [0.717, 1.165) is 17.5 Å². The standard InChI is InChI=1S/C20H28N4O3/c1-5-7-11-23(19(26)15-9-8-13(3)12-14(15)4)16-17(21)24(10-6-2)20(27)22-18(16)25/h8-9,12H,5-7,10-11,21H2,1-4H3,(H,22,25,27). The maximum Gasteiger partial charge on any atom is 0.330 e. The number of carbonyl (C=O) groups is 1. The van der Waals surface area contributed by atoms with Crippen LogP contribution >= 0.6 is 0 Å². The van der Waals surface area contributed by atoms with Crippen LogP contribution in [0.4, 0.5) is 11.5 Å². The van der Waals surface area contributed by atoms with Gasteiger partial charge >= 0.3 is 5.69 Å². The number of benzene rings is 1. The van der Waals surface area contributed by atoms with Crippen molar-refractivity contribution < 1.29 is 4.79 Å². The van der Waals surface area contributed by atoms with Crippen LogP contribution in [0.5, 0.6) is 0 Å². The minimum atomic E-state index is -0.640. The molecule has 7 nitrogen and oxygen atoms in total. The Balaban J connectivity index is 2.63. The maximum atomic E-state index is 13.3. The van der Waals surface area contributed by atoms with Crippen LogP contribution in [0.2, 0.25) is 0 Å². The van der Waals surface area contributed by atoms with Crippen molar-refractivity contribution in [3.63, 3.8) is 0 Å². The molecule has 0 aliphatic carbocycles. The molecule has 0 bridgehead atoms. The van der Waals surface area contributed by atoms with Crippen molar-refractivity contribution in [1.29, 1.82) is 0 Å². The van der Waals surface area contributed by atoms with E-state index >= 15 is 0 Å². The molecule has 0 atom stereocenters. The SMILES string of the molecule is CCCCN(C(=O)c1ccc(C)cc1C)c1c(N)n(CCC)c(=O)[nH]c1=O. The molecule has 27 heavy (non-hydrogen) atoms. The van der Waals surface area contributed by atoms with Gasteiger partial charge in [0.25, 0.3) is 11.5 Å². The number of hydrogen-bond acceptors (Lipinski definition) is 4. The summed E-state index contributed by atoms with van der Waals surface area (Å²) in [7, 11) is 0. The van der Waals surface area contributed by atoms with Gasteiger partial charge in [0.05, 0.1) is 0 Å². The molecule has 1 amide bonds. The van der Waals surface area contributed by atoms with Gasteiger partial charge in [-0.15, -0.1) is 0 Å². The summed E-state index contributed by atoms with van der Waals surface area (Å²) in [5.74, 6) is -0.264. The minimum Gasteiger partial charge on any atom is -0.383 e. The summed E-state index contributed by atoms with van der Waals surface area (Å²) < 4.78 is 1.31. The first kappa shape index (κ1) is 20.5. The van der Waals surface area contributed by atoms with Gasteiger partial charge in [-0.1, -0.05) is 38.0 Å². The van der Waals surface area contributed by atoms with Crippen LogP contribution in [-0.4, -0.2) is 22.0 Å². The Kier molecular flexibility index (Phi) is 6.60. The molecule has 0 unspecified atom stereocenters. The fourth-order valence-corrected chi connectivity index (χ4v) is 3.11. The molecule has 0 saturated heterocycles. The first-order valence-electron chi connectivity index (χ1n) is 9.33. The third kappa shape index (κ3) is 4.30. The van der Waals surface area contributed by atoms with E-state index in [1.165, 1.54) is 9.47 Å². The number of nitrogens with zero attached hydrogens (tertiary/aromatic N) is 2. The Labute approximate surface area is 158 Å². The third-order valence-electron chi connectivity index (χ3n) is 4.52. The predicted molar refractivity (Wildman–Crippen MR) is 109 cm³/mol. The number of unbranched alkanes of at least 4 members (excludes halogenated alkanes) is 1. The summed E-state index contributed by atoms with van der Waals surface area (Å²) in [6, 6.07) is 5.55. The Bertz CT molecular complexity index is 943. The summed E-state index contributed by atoms with van der Waals surface area (Å²) in [6.07, 6.45) is 2.24. The van der Waals surface area contributed by atoms with Crippen molar-refractivity contribution in [2.75, 3.05) is 17.2 Å². The molecule has 2 rings (SSSR count). The van der Waals surface area contributed by atoms with E-state index in [0.29, 0.717) is 31.5 Å². The molecular weight excluding hydrogens is 344 g/mol. The van der Waals surface area contributed by atoms with Crippen molar-refractivity contribution in [1.82, 2.24) is 9.55 Å². The molecule has 2 aromatic rings. The molecule has 3 N–H and O–H groups in total. The van der Waals surface area contributed by atoms with Crippen molar-refractivity contribution in [3.8, 4) is 0 Å². The number of hydrogen-bond donors (Lipinski definition) is 2. The molecule has 1 heterocycles. The highest BCUT2D eigenvalue weighted by Gasteiger charge is 2.25. The number of nitrogen functional groups attached to an aromatic ring is 1. The van der Waals surface area contributed by atoms with E-state index in [1.807, 2.05) is 39.8 Å². The molecule has 7 heteroatoms. The van der Waals surface area contributed by atoms with Gasteiger partial charge in [-0.05, 0) is 38.3 Å². The average molecular weight is 372 g/mol. The fourth-order valence-electron chi connectivity index (χ4n) is 3.11. The second-order valence-electron chi connectivity index (χ2n) is 6.77. The minimum absolute atomic E-state index is 0.0276. The molecule has 146 valence electrons. The smallest absolute Gasteiger partial charge is 0.330 e. The van der Waals surface area contributed by atoms with E-state index in [4.69, 9.17) is 5.73 Å². The van der Waals surface area contributed by atoms with Crippen molar-refractivity contribution >= 4 is 17.4 Å². The van der Waals surface area contributed by atoms with Crippen molar-refractivity contribution in [2.45, 2.75) is 53.5 Å². The van der Waals surface area contributed by atoms with Crippen molar-refractivity contribution in [3.05, 3.63) is 55.7 Å². The summed E-state index contributed by atoms with van der Waals surface area (Å²) >= 11 is 0. The molecule has 0 aliphatic heterocycles. The number of nitrogens with one attached hydrogen (secondary N) is 1. The zero-order chi connectivity index (χ0) is 20.1. The zero-order valence-corrected chi connectivity index (χ0v) is 16.5. The van der Waals surface area contributed by atoms with Gasteiger partial charge in [-0.2, -0.15) is 0 Å². The lowest BCUT2D eigenvalue weighted by Crippen LogP contribution is -2.41. The lowest BCUT2D eigenvalue weighted by atomic mass is 10.0. The first-order chi connectivity index (χ1) is 12.8. The van der Waals surface area contributed by atoms with Crippen LogP contribution in [0.25, 0.3) is 0 Å². The quantitative estimate of drug-likeness (QED) is 0.780. The average Bonchev–Trinajstić information content (AvgIpc) is 2.60. The van der Waals surface area contributed by atoms with Crippen LogP contribution in [0, 0.1) is 13.8 Å². The normalized spacial score (nSPS) is 10.8.